The monoisotopic (exact) mass is 476 g/mol. The molecule has 3 aliphatic heterocycles. The first-order valence-electron chi connectivity index (χ1n) is 12.0. The second-order valence-electron chi connectivity index (χ2n) is 9.11. The second kappa shape index (κ2) is 9.50. The van der Waals surface area contributed by atoms with Crippen molar-refractivity contribution < 1.29 is 23.9 Å². The van der Waals surface area contributed by atoms with Crippen molar-refractivity contribution in [2.24, 2.45) is 0 Å². The SMILES string of the molecule is CC(C(=O)Nc1ccc2c(c1)N(CCN1CCCCC1)C(=O)CO2)N1C(=O)c2ccccc2C1=O. The van der Waals surface area contributed by atoms with Gasteiger partial charge in [0, 0.05) is 18.8 Å². The highest BCUT2D eigenvalue weighted by molar-refractivity contribution is 6.23. The maximum Gasteiger partial charge on any atom is 0.265 e. The lowest BCUT2D eigenvalue weighted by Crippen LogP contribution is -2.45. The number of hydrogen-bond acceptors (Lipinski definition) is 6. The molecule has 1 saturated heterocycles. The number of carbonyl (C=O) groups is 4. The summed E-state index contributed by atoms with van der Waals surface area (Å²) in [5, 5.41) is 2.79. The van der Waals surface area contributed by atoms with E-state index >= 15 is 0 Å². The third kappa shape index (κ3) is 4.39. The molecule has 9 heteroatoms. The van der Waals surface area contributed by atoms with Crippen LogP contribution in [0.5, 0.6) is 5.75 Å². The minimum absolute atomic E-state index is 0.0184. The molecule has 2 aromatic carbocycles. The molecule has 1 unspecified atom stereocenters. The molecule has 0 spiro atoms. The Bertz CT molecular complexity index is 1160. The number of piperidine rings is 1. The molecule has 0 aliphatic carbocycles. The van der Waals surface area contributed by atoms with Crippen molar-refractivity contribution in [1.82, 2.24) is 9.80 Å². The minimum Gasteiger partial charge on any atom is -0.482 e. The maximum atomic E-state index is 13.0. The number of amides is 4. The summed E-state index contributed by atoms with van der Waals surface area (Å²) in [5.41, 5.74) is 1.65. The summed E-state index contributed by atoms with van der Waals surface area (Å²) in [6.07, 6.45) is 3.60. The molecule has 3 aliphatic rings. The van der Waals surface area contributed by atoms with Gasteiger partial charge in [0.1, 0.15) is 11.8 Å². The van der Waals surface area contributed by atoms with Crippen molar-refractivity contribution in [3.63, 3.8) is 0 Å². The number of fused-ring (bicyclic) bond motifs is 2. The zero-order valence-electron chi connectivity index (χ0n) is 19.7. The first kappa shape index (κ1) is 23.0. The van der Waals surface area contributed by atoms with E-state index in [0.29, 0.717) is 34.8 Å². The fourth-order valence-corrected chi connectivity index (χ4v) is 4.87. The van der Waals surface area contributed by atoms with Gasteiger partial charge in [-0.25, -0.2) is 0 Å². The lowest BCUT2D eigenvalue weighted by Gasteiger charge is -2.33. The number of rotatable bonds is 6. The molecule has 5 rings (SSSR count). The normalized spacial score (nSPS) is 18.7. The quantitative estimate of drug-likeness (QED) is 0.644. The summed E-state index contributed by atoms with van der Waals surface area (Å²) < 4.78 is 5.60. The molecule has 1 atom stereocenters. The zero-order valence-corrected chi connectivity index (χ0v) is 19.7. The predicted molar refractivity (Wildman–Crippen MR) is 130 cm³/mol. The molecule has 0 radical (unpaired) electrons. The van der Waals surface area contributed by atoms with E-state index in [1.54, 1.807) is 47.4 Å². The number of nitrogens with one attached hydrogen (secondary N) is 1. The van der Waals surface area contributed by atoms with Crippen LogP contribution in [0.4, 0.5) is 11.4 Å². The van der Waals surface area contributed by atoms with E-state index in [1.807, 2.05) is 0 Å². The van der Waals surface area contributed by atoms with Crippen LogP contribution < -0.4 is 15.0 Å². The van der Waals surface area contributed by atoms with Crippen LogP contribution in [-0.2, 0) is 9.59 Å². The summed E-state index contributed by atoms with van der Waals surface area (Å²) in [5.74, 6) is -1.02. The Morgan fingerprint density at radius 3 is 2.34 bits per heavy atom. The first-order chi connectivity index (χ1) is 16.9. The maximum absolute atomic E-state index is 13.0. The standard InChI is InChI=1S/C26H28N4O5/c1-17(30-25(33)19-7-3-4-8-20(19)26(30)34)24(32)27-18-9-10-22-21(15-18)29(23(31)16-35-22)14-13-28-11-5-2-6-12-28/h3-4,7-10,15,17H,2,5-6,11-14,16H2,1H3,(H,27,32). The number of benzene rings is 2. The molecule has 182 valence electrons. The molecular formula is C26H28N4O5. The van der Waals surface area contributed by atoms with Crippen LogP contribution in [0.15, 0.2) is 42.5 Å². The number of imide groups is 1. The van der Waals surface area contributed by atoms with Gasteiger partial charge in [-0.1, -0.05) is 18.6 Å². The Kier molecular flexibility index (Phi) is 6.25. The molecule has 4 amide bonds. The Hall–Kier alpha value is -3.72. The fraction of sp³-hybridized carbons (Fsp3) is 0.385. The summed E-state index contributed by atoms with van der Waals surface area (Å²) in [7, 11) is 0. The van der Waals surface area contributed by atoms with Crippen LogP contribution >= 0.6 is 0 Å². The zero-order chi connectivity index (χ0) is 24.5. The van der Waals surface area contributed by atoms with Crippen LogP contribution in [-0.4, -0.2) is 72.3 Å². The third-order valence-corrected chi connectivity index (χ3v) is 6.85. The lowest BCUT2D eigenvalue weighted by atomic mass is 10.1. The molecule has 1 N–H and O–H groups in total. The molecule has 9 nitrogen and oxygen atoms in total. The van der Waals surface area contributed by atoms with Crippen molar-refractivity contribution in [3.8, 4) is 5.75 Å². The van der Waals surface area contributed by atoms with E-state index < -0.39 is 23.8 Å². The molecular weight excluding hydrogens is 448 g/mol. The van der Waals surface area contributed by atoms with Gasteiger partial charge in [0.2, 0.25) is 5.91 Å². The molecule has 0 bridgehead atoms. The van der Waals surface area contributed by atoms with E-state index in [1.165, 1.54) is 26.2 Å². The topological polar surface area (TPSA) is 99.3 Å². The van der Waals surface area contributed by atoms with Crippen LogP contribution in [0.2, 0.25) is 0 Å². The molecule has 3 heterocycles. The van der Waals surface area contributed by atoms with Crippen molar-refractivity contribution in [2.75, 3.05) is 43.0 Å². The van der Waals surface area contributed by atoms with E-state index in [4.69, 9.17) is 4.74 Å². The van der Waals surface area contributed by atoms with Gasteiger partial charge >= 0.3 is 0 Å². The van der Waals surface area contributed by atoms with Gasteiger partial charge < -0.3 is 19.9 Å². The Labute approximate surface area is 203 Å². The van der Waals surface area contributed by atoms with E-state index in [2.05, 4.69) is 10.2 Å². The van der Waals surface area contributed by atoms with Gasteiger partial charge in [-0.2, -0.15) is 0 Å². The highest BCUT2D eigenvalue weighted by Gasteiger charge is 2.40. The van der Waals surface area contributed by atoms with Gasteiger partial charge in [0.05, 0.1) is 16.8 Å². The number of anilines is 2. The largest absolute Gasteiger partial charge is 0.482 e. The van der Waals surface area contributed by atoms with Crippen molar-refractivity contribution in [2.45, 2.75) is 32.2 Å². The number of hydrogen-bond donors (Lipinski definition) is 1. The minimum atomic E-state index is -1.01. The Balaban J connectivity index is 1.30. The first-order valence-corrected chi connectivity index (χ1v) is 12.0. The van der Waals surface area contributed by atoms with Crippen molar-refractivity contribution >= 4 is 35.0 Å². The predicted octanol–water partition coefficient (Wildman–Crippen LogP) is 2.52. The molecule has 0 saturated carbocycles. The van der Waals surface area contributed by atoms with Crippen LogP contribution in [0.1, 0.15) is 46.9 Å². The van der Waals surface area contributed by atoms with Gasteiger partial charge in [-0.05, 0) is 63.2 Å². The molecule has 35 heavy (non-hydrogen) atoms. The average molecular weight is 477 g/mol. The second-order valence-corrected chi connectivity index (χ2v) is 9.11. The molecule has 1 fully saturated rings. The highest BCUT2D eigenvalue weighted by atomic mass is 16.5. The van der Waals surface area contributed by atoms with Crippen LogP contribution in [0.3, 0.4) is 0 Å². The Morgan fingerprint density at radius 2 is 1.66 bits per heavy atom. The van der Waals surface area contributed by atoms with Gasteiger partial charge in [-0.3, -0.25) is 24.1 Å². The van der Waals surface area contributed by atoms with Crippen molar-refractivity contribution in [3.05, 3.63) is 53.6 Å². The Morgan fingerprint density at radius 1 is 0.971 bits per heavy atom. The van der Waals surface area contributed by atoms with E-state index in [-0.39, 0.29) is 12.5 Å². The highest BCUT2D eigenvalue weighted by Crippen LogP contribution is 2.35. The van der Waals surface area contributed by atoms with Gasteiger partial charge in [0.25, 0.3) is 17.7 Å². The molecule has 0 aromatic heterocycles. The van der Waals surface area contributed by atoms with E-state index in [0.717, 1.165) is 24.5 Å². The average Bonchev–Trinajstić information content (AvgIpc) is 3.13. The van der Waals surface area contributed by atoms with Gasteiger partial charge in [0.15, 0.2) is 6.61 Å². The van der Waals surface area contributed by atoms with E-state index in [9.17, 15) is 19.2 Å². The van der Waals surface area contributed by atoms with Crippen LogP contribution in [0, 0.1) is 0 Å². The number of likely N-dealkylation sites (tertiary alicyclic amines) is 1. The smallest absolute Gasteiger partial charge is 0.265 e. The summed E-state index contributed by atoms with van der Waals surface area (Å²) >= 11 is 0. The molecule has 2 aromatic rings. The van der Waals surface area contributed by atoms with Gasteiger partial charge in [-0.15, -0.1) is 0 Å². The summed E-state index contributed by atoms with van der Waals surface area (Å²) in [6.45, 7) is 4.90. The fourth-order valence-electron chi connectivity index (χ4n) is 4.87. The summed E-state index contributed by atoms with van der Waals surface area (Å²) in [6, 6.07) is 10.6. The van der Waals surface area contributed by atoms with Crippen molar-refractivity contribution in [1.29, 1.82) is 0 Å². The third-order valence-electron chi connectivity index (χ3n) is 6.85. The van der Waals surface area contributed by atoms with Crippen LogP contribution in [0.25, 0.3) is 0 Å². The summed E-state index contributed by atoms with van der Waals surface area (Å²) in [4.78, 5) is 56.2. The number of nitrogens with zero attached hydrogens (tertiary/aromatic N) is 3. The lowest BCUT2D eigenvalue weighted by molar-refractivity contribution is -0.121. The number of ether oxygens (including phenoxy) is 1. The number of carbonyl (C=O) groups excluding carboxylic acids is 4.